The normalized spacial score (nSPS) is 22.5. The van der Waals surface area contributed by atoms with Crippen molar-refractivity contribution in [3.8, 4) is 0 Å². The first-order valence-electron chi connectivity index (χ1n) is 6.19. The topological polar surface area (TPSA) is 9.23 Å². The van der Waals surface area contributed by atoms with Crippen LogP contribution in [0.5, 0.6) is 0 Å². The summed E-state index contributed by atoms with van der Waals surface area (Å²) in [5.41, 5.74) is -0.141. The van der Waals surface area contributed by atoms with Gasteiger partial charge in [0.15, 0.2) is 0 Å². The molecule has 18 heavy (non-hydrogen) atoms. The lowest BCUT2D eigenvalue weighted by Gasteiger charge is -2.44. The van der Waals surface area contributed by atoms with Gasteiger partial charge in [0.1, 0.15) is 0 Å². The summed E-state index contributed by atoms with van der Waals surface area (Å²) in [6, 6.07) is 4.38. The Labute approximate surface area is 105 Å². The second-order valence-electron chi connectivity index (χ2n) is 4.82. The number of methoxy groups -OCH3 is 1. The van der Waals surface area contributed by atoms with Gasteiger partial charge in [-0.25, -0.2) is 0 Å². The summed E-state index contributed by atoms with van der Waals surface area (Å²) in [6.07, 6.45) is -1.24. The first-order valence-corrected chi connectivity index (χ1v) is 6.19. The lowest BCUT2D eigenvalue weighted by molar-refractivity contribution is -0.144. The van der Waals surface area contributed by atoms with Crippen LogP contribution in [0.1, 0.15) is 42.9 Å². The second-order valence-corrected chi connectivity index (χ2v) is 4.82. The average Bonchev–Trinajstić information content (AvgIpc) is 2.29. The summed E-state index contributed by atoms with van der Waals surface area (Å²) >= 11 is 0. The van der Waals surface area contributed by atoms with E-state index in [4.69, 9.17) is 4.74 Å². The number of ether oxygens (including phenoxy) is 1. The molecule has 1 nitrogen and oxygen atoms in total. The highest BCUT2D eigenvalue weighted by atomic mass is 19.4. The predicted octanol–water partition coefficient (Wildman–Crippen LogP) is 4.29. The van der Waals surface area contributed by atoms with Gasteiger partial charge in [-0.15, -0.1) is 0 Å². The molecular formula is C14H17F3O. The predicted molar refractivity (Wildman–Crippen MR) is 63.4 cm³/mol. The molecular weight excluding hydrogens is 241 g/mol. The van der Waals surface area contributed by atoms with E-state index in [-0.39, 0.29) is 0 Å². The quantitative estimate of drug-likeness (QED) is 0.782. The van der Waals surface area contributed by atoms with Crippen LogP contribution in [0.2, 0.25) is 0 Å². The van der Waals surface area contributed by atoms with Crippen LogP contribution in [0, 0.1) is 0 Å². The zero-order valence-electron chi connectivity index (χ0n) is 10.6. The fourth-order valence-electron chi connectivity index (χ4n) is 2.76. The van der Waals surface area contributed by atoms with E-state index >= 15 is 0 Å². The summed E-state index contributed by atoms with van der Waals surface area (Å²) in [7, 11) is 1.51. The third kappa shape index (κ3) is 2.03. The first-order chi connectivity index (χ1) is 8.44. The van der Waals surface area contributed by atoms with Gasteiger partial charge in [0.25, 0.3) is 0 Å². The molecule has 1 unspecified atom stereocenters. The molecule has 1 aliphatic rings. The van der Waals surface area contributed by atoms with Crippen LogP contribution in [-0.4, -0.2) is 7.11 Å². The molecule has 0 amide bonds. The van der Waals surface area contributed by atoms with Crippen LogP contribution < -0.4 is 0 Å². The highest BCUT2D eigenvalue weighted by Crippen LogP contribution is 2.50. The number of halogens is 3. The van der Waals surface area contributed by atoms with Gasteiger partial charge < -0.3 is 4.74 Å². The Morgan fingerprint density at radius 1 is 1.33 bits per heavy atom. The van der Waals surface area contributed by atoms with Gasteiger partial charge in [0.05, 0.1) is 11.2 Å². The molecule has 0 aliphatic heterocycles. The molecule has 1 aromatic carbocycles. The smallest absolute Gasteiger partial charge is 0.373 e. The largest absolute Gasteiger partial charge is 0.416 e. The summed E-state index contributed by atoms with van der Waals surface area (Å²) in [5.74, 6) is 0. The highest BCUT2D eigenvalue weighted by Gasteiger charge is 2.49. The Kier molecular flexibility index (Phi) is 3.41. The molecule has 0 fully saturated rings. The van der Waals surface area contributed by atoms with Gasteiger partial charge in [-0.05, 0) is 23.6 Å². The molecule has 0 saturated heterocycles. The van der Waals surface area contributed by atoms with Crippen molar-refractivity contribution in [2.75, 3.05) is 7.11 Å². The lowest BCUT2D eigenvalue weighted by atomic mass is 9.68. The van der Waals surface area contributed by atoms with E-state index in [1.54, 1.807) is 6.07 Å². The van der Waals surface area contributed by atoms with Gasteiger partial charge in [-0.1, -0.05) is 31.9 Å². The van der Waals surface area contributed by atoms with Gasteiger partial charge >= 0.3 is 6.18 Å². The van der Waals surface area contributed by atoms with E-state index in [1.165, 1.54) is 13.2 Å². The van der Waals surface area contributed by atoms with Crippen molar-refractivity contribution in [1.82, 2.24) is 0 Å². The summed E-state index contributed by atoms with van der Waals surface area (Å²) in [6.45, 7) is 2.03. The van der Waals surface area contributed by atoms with Gasteiger partial charge in [-0.3, -0.25) is 0 Å². The summed E-state index contributed by atoms with van der Waals surface area (Å²) in [5, 5.41) is 0. The Balaban J connectivity index is 2.43. The third-order valence-electron chi connectivity index (χ3n) is 3.71. The van der Waals surface area contributed by atoms with Crippen molar-refractivity contribution in [2.24, 2.45) is 0 Å². The van der Waals surface area contributed by atoms with Crippen molar-refractivity contribution >= 4 is 0 Å². The number of alkyl halides is 3. The lowest BCUT2D eigenvalue weighted by Crippen LogP contribution is -2.43. The maximum absolute atomic E-state index is 13.0. The number of hydrogen-bond donors (Lipinski definition) is 0. The number of hydrogen-bond acceptors (Lipinski definition) is 1. The summed E-state index contributed by atoms with van der Waals surface area (Å²) in [4.78, 5) is 0. The number of rotatable bonds is 4. The molecule has 0 saturated carbocycles. The summed E-state index contributed by atoms with van der Waals surface area (Å²) < 4.78 is 44.5. The van der Waals surface area contributed by atoms with Crippen LogP contribution in [-0.2, 0) is 22.9 Å². The zero-order chi connectivity index (χ0) is 13.4. The molecule has 0 bridgehead atoms. The van der Waals surface area contributed by atoms with E-state index in [0.717, 1.165) is 24.5 Å². The Morgan fingerprint density at radius 2 is 2.06 bits per heavy atom. The minimum absolute atomic E-state index is 0.355. The van der Waals surface area contributed by atoms with Crippen molar-refractivity contribution in [2.45, 2.75) is 44.4 Å². The van der Waals surface area contributed by atoms with Crippen molar-refractivity contribution in [1.29, 1.82) is 0 Å². The zero-order valence-corrected chi connectivity index (χ0v) is 10.6. The van der Waals surface area contributed by atoms with Gasteiger partial charge in [0.2, 0.25) is 0 Å². The molecule has 1 aromatic rings. The number of fused-ring (bicyclic) bond motifs is 1. The van der Waals surface area contributed by atoms with Crippen LogP contribution in [0.4, 0.5) is 13.2 Å². The van der Waals surface area contributed by atoms with Crippen LogP contribution in [0.25, 0.3) is 0 Å². The first kappa shape index (κ1) is 13.4. The standard InChI is InChI=1S/C14H17F3O/c1-3-4-8-13(18-2)9-10-6-5-7-11(12(10)13)14(15,16)17/h5-7H,3-4,8-9H2,1-2H3. The van der Waals surface area contributed by atoms with Gasteiger partial charge in [-0.2, -0.15) is 13.2 Å². The highest BCUT2D eigenvalue weighted by molar-refractivity contribution is 5.49. The SMILES string of the molecule is CCCCC1(OC)Cc2cccc(C(F)(F)F)c21. The number of benzene rings is 1. The third-order valence-corrected chi connectivity index (χ3v) is 3.71. The van der Waals surface area contributed by atoms with Crippen LogP contribution >= 0.6 is 0 Å². The molecule has 0 N–H and O–H groups in total. The molecule has 0 radical (unpaired) electrons. The van der Waals surface area contributed by atoms with Crippen molar-refractivity contribution in [3.05, 3.63) is 34.9 Å². The fourth-order valence-corrected chi connectivity index (χ4v) is 2.76. The van der Waals surface area contributed by atoms with Crippen molar-refractivity contribution in [3.63, 3.8) is 0 Å². The molecule has 0 heterocycles. The molecule has 100 valence electrons. The van der Waals surface area contributed by atoms with Crippen LogP contribution in [0.3, 0.4) is 0 Å². The maximum Gasteiger partial charge on any atom is 0.416 e. The molecule has 0 spiro atoms. The van der Waals surface area contributed by atoms with E-state index in [2.05, 4.69) is 0 Å². The van der Waals surface area contributed by atoms with E-state index in [0.29, 0.717) is 18.4 Å². The Hall–Kier alpha value is -1.03. The van der Waals surface area contributed by atoms with E-state index in [1.807, 2.05) is 6.92 Å². The van der Waals surface area contributed by atoms with E-state index < -0.39 is 17.3 Å². The average molecular weight is 258 g/mol. The minimum atomic E-state index is -4.30. The van der Waals surface area contributed by atoms with E-state index in [9.17, 15) is 13.2 Å². The molecule has 1 aliphatic carbocycles. The van der Waals surface area contributed by atoms with Gasteiger partial charge in [0, 0.05) is 13.5 Å². The molecule has 4 heteroatoms. The Bertz CT molecular complexity index is 439. The molecule has 1 atom stereocenters. The minimum Gasteiger partial charge on any atom is -0.373 e. The van der Waals surface area contributed by atoms with Crippen LogP contribution in [0.15, 0.2) is 18.2 Å². The fraction of sp³-hybridized carbons (Fsp3) is 0.571. The number of unbranched alkanes of at least 4 members (excludes halogenated alkanes) is 1. The monoisotopic (exact) mass is 258 g/mol. The van der Waals surface area contributed by atoms with Crippen molar-refractivity contribution < 1.29 is 17.9 Å². The maximum atomic E-state index is 13.0. The Morgan fingerprint density at radius 3 is 2.61 bits per heavy atom. The second kappa shape index (κ2) is 4.57. The molecule has 2 rings (SSSR count). The molecule has 0 aromatic heterocycles.